The van der Waals surface area contributed by atoms with E-state index in [4.69, 9.17) is 4.74 Å². The smallest absolute Gasteiger partial charge is 0.120 e. The molecule has 1 aliphatic heterocycles. The molecule has 0 N–H and O–H groups in total. The average Bonchev–Trinajstić information content (AvgIpc) is 2.83. The van der Waals surface area contributed by atoms with Gasteiger partial charge >= 0.3 is 0 Å². The van der Waals surface area contributed by atoms with Crippen LogP contribution in [0.15, 0.2) is 30.0 Å². The molecule has 2 heteroatoms. The molecule has 0 fully saturated rings. The van der Waals surface area contributed by atoms with E-state index in [1.165, 1.54) is 29.8 Å². The van der Waals surface area contributed by atoms with Crippen LogP contribution >= 0.6 is 0 Å². The van der Waals surface area contributed by atoms with Gasteiger partial charge in [-0.25, -0.2) is 0 Å². The number of ether oxygens (including phenoxy) is 1. The van der Waals surface area contributed by atoms with E-state index in [9.17, 15) is 0 Å². The van der Waals surface area contributed by atoms with Crippen LogP contribution in [0.5, 0.6) is 5.75 Å². The Morgan fingerprint density at radius 2 is 2.27 bits per heavy atom. The van der Waals surface area contributed by atoms with Gasteiger partial charge in [0, 0.05) is 30.4 Å². The fourth-order valence-corrected chi connectivity index (χ4v) is 2.75. The monoisotopic (exact) mass is 201 g/mol. The van der Waals surface area contributed by atoms with E-state index in [-0.39, 0.29) is 0 Å². The van der Waals surface area contributed by atoms with E-state index < -0.39 is 0 Å². The number of rotatable bonds is 1. The maximum Gasteiger partial charge on any atom is 0.120 e. The molecule has 0 amide bonds. The molecule has 0 saturated heterocycles. The lowest BCUT2D eigenvalue weighted by atomic mass is 9.99. The van der Waals surface area contributed by atoms with E-state index >= 15 is 0 Å². The van der Waals surface area contributed by atoms with E-state index in [2.05, 4.69) is 36.2 Å². The molecule has 0 saturated carbocycles. The second kappa shape index (κ2) is 3.02. The van der Waals surface area contributed by atoms with Crippen molar-refractivity contribution in [1.82, 2.24) is 0 Å². The van der Waals surface area contributed by atoms with Gasteiger partial charge in [-0.15, -0.1) is 0 Å². The predicted molar refractivity (Wildman–Crippen MR) is 61.5 cm³/mol. The minimum Gasteiger partial charge on any atom is -0.497 e. The van der Waals surface area contributed by atoms with Crippen LogP contribution in [-0.4, -0.2) is 14.2 Å². The Kier molecular flexibility index (Phi) is 1.78. The summed E-state index contributed by atoms with van der Waals surface area (Å²) in [6, 6.07) is 6.41. The number of fused-ring (bicyclic) bond motifs is 3. The number of allylic oxidation sites excluding steroid dienone is 2. The van der Waals surface area contributed by atoms with Gasteiger partial charge in [0.2, 0.25) is 0 Å². The second-order valence-corrected chi connectivity index (χ2v) is 4.24. The molecular weight excluding hydrogens is 186 g/mol. The third-order valence-corrected chi connectivity index (χ3v) is 3.53. The largest absolute Gasteiger partial charge is 0.497 e. The van der Waals surface area contributed by atoms with Gasteiger partial charge in [0.25, 0.3) is 0 Å². The summed E-state index contributed by atoms with van der Waals surface area (Å²) in [5.74, 6) is 1.58. The van der Waals surface area contributed by atoms with Gasteiger partial charge in [-0.05, 0) is 24.5 Å². The zero-order valence-electron chi connectivity index (χ0n) is 9.16. The summed E-state index contributed by atoms with van der Waals surface area (Å²) in [4.78, 5) is 2.30. The highest BCUT2D eigenvalue weighted by Crippen LogP contribution is 2.49. The van der Waals surface area contributed by atoms with E-state index in [1.807, 2.05) is 0 Å². The van der Waals surface area contributed by atoms with Crippen molar-refractivity contribution in [2.45, 2.75) is 18.8 Å². The molecule has 1 aromatic carbocycles. The van der Waals surface area contributed by atoms with Crippen LogP contribution in [0.3, 0.4) is 0 Å². The molecule has 1 heterocycles. The first-order valence-electron chi connectivity index (χ1n) is 5.43. The van der Waals surface area contributed by atoms with Gasteiger partial charge in [0.1, 0.15) is 5.75 Å². The Bertz CT molecular complexity index is 436. The molecule has 2 aliphatic rings. The third kappa shape index (κ3) is 1.11. The van der Waals surface area contributed by atoms with Crippen molar-refractivity contribution in [3.63, 3.8) is 0 Å². The van der Waals surface area contributed by atoms with Crippen LogP contribution in [0, 0.1) is 0 Å². The molecule has 1 unspecified atom stereocenters. The van der Waals surface area contributed by atoms with Gasteiger partial charge in [0.15, 0.2) is 0 Å². The van der Waals surface area contributed by atoms with Crippen molar-refractivity contribution >= 4 is 5.69 Å². The molecule has 1 aliphatic carbocycles. The summed E-state index contributed by atoms with van der Waals surface area (Å²) >= 11 is 0. The molecule has 0 aromatic heterocycles. The summed E-state index contributed by atoms with van der Waals surface area (Å²) < 4.78 is 5.26. The number of anilines is 1. The third-order valence-electron chi connectivity index (χ3n) is 3.53. The summed E-state index contributed by atoms with van der Waals surface area (Å²) in [7, 11) is 3.87. The van der Waals surface area contributed by atoms with Crippen molar-refractivity contribution < 1.29 is 4.74 Å². The summed E-state index contributed by atoms with van der Waals surface area (Å²) in [5.41, 5.74) is 4.24. The lowest BCUT2D eigenvalue weighted by Gasteiger charge is -2.14. The van der Waals surface area contributed by atoms with E-state index in [0.717, 1.165) is 5.75 Å². The lowest BCUT2D eigenvalue weighted by molar-refractivity contribution is 0.415. The standard InChI is InChI=1S/C13H15NO/c1-14-12-5-3-4-10(12)11-7-6-9(15-2)8-13(11)14/h5-8,10H,3-4H2,1-2H3. The second-order valence-electron chi connectivity index (χ2n) is 4.24. The summed E-state index contributed by atoms with van der Waals surface area (Å²) in [6.45, 7) is 0. The fourth-order valence-electron chi connectivity index (χ4n) is 2.75. The Labute approximate surface area is 90.2 Å². The first-order valence-corrected chi connectivity index (χ1v) is 5.43. The average molecular weight is 201 g/mol. The Hall–Kier alpha value is -1.44. The molecule has 0 radical (unpaired) electrons. The molecule has 3 rings (SSSR count). The van der Waals surface area contributed by atoms with Crippen LogP contribution in [0.25, 0.3) is 0 Å². The molecule has 78 valence electrons. The van der Waals surface area contributed by atoms with Crippen molar-refractivity contribution in [1.29, 1.82) is 0 Å². The Morgan fingerprint density at radius 1 is 1.40 bits per heavy atom. The lowest BCUT2D eigenvalue weighted by Crippen LogP contribution is -2.10. The normalized spacial score (nSPS) is 22.4. The van der Waals surface area contributed by atoms with Gasteiger partial charge < -0.3 is 9.64 Å². The first-order chi connectivity index (χ1) is 7.31. The number of nitrogens with zero attached hydrogens (tertiary/aromatic N) is 1. The maximum atomic E-state index is 5.26. The number of likely N-dealkylation sites (N-methyl/N-ethyl adjacent to an activating group) is 1. The van der Waals surface area contributed by atoms with Crippen molar-refractivity contribution in [3.05, 3.63) is 35.5 Å². The Balaban J connectivity index is 2.13. The number of hydrogen-bond acceptors (Lipinski definition) is 2. The Morgan fingerprint density at radius 3 is 3.07 bits per heavy atom. The van der Waals surface area contributed by atoms with Gasteiger partial charge in [0.05, 0.1) is 7.11 Å². The topological polar surface area (TPSA) is 12.5 Å². The highest BCUT2D eigenvalue weighted by molar-refractivity contribution is 5.70. The highest BCUT2D eigenvalue weighted by atomic mass is 16.5. The zero-order chi connectivity index (χ0) is 10.4. The minimum absolute atomic E-state index is 0.635. The molecule has 1 aromatic rings. The van der Waals surface area contributed by atoms with Crippen LogP contribution < -0.4 is 9.64 Å². The molecule has 1 atom stereocenters. The van der Waals surface area contributed by atoms with Crippen molar-refractivity contribution in [2.75, 3.05) is 19.1 Å². The van der Waals surface area contributed by atoms with Crippen molar-refractivity contribution in [2.24, 2.45) is 0 Å². The molecular formula is C13H15NO. The van der Waals surface area contributed by atoms with Crippen LogP contribution in [0.2, 0.25) is 0 Å². The quantitative estimate of drug-likeness (QED) is 0.692. The highest BCUT2D eigenvalue weighted by Gasteiger charge is 2.33. The number of methoxy groups -OCH3 is 1. The molecule has 0 bridgehead atoms. The minimum atomic E-state index is 0.635. The molecule has 0 spiro atoms. The van der Waals surface area contributed by atoms with Gasteiger partial charge in [-0.3, -0.25) is 0 Å². The van der Waals surface area contributed by atoms with Crippen LogP contribution in [0.1, 0.15) is 24.3 Å². The van der Waals surface area contributed by atoms with Crippen LogP contribution in [-0.2, 0) is 0 Å². The van der Waals surface area contributed by atoms with Crippen molar-refractivity contribution in [3.8, 4) is 5.75 Å². The fraction of sp³-hybridized carbons (Fsp3) is 0.385. The SMILES string of the molecule is COc1ccc2c(c1)N(C)C1=CCCC12. The molecule has 15 heavy (non-hydrogen) atoms. The van der Waals surface area contributed by atoms with Gasteiger partial charge in [-0.1, -0.05) is 12.1 Å². The summed E-state index contributed by atoms with van der Waals surface area (Å²) in [5, 5.41) is 0. The predicted octanol–water partition coefficient (Wildman–Crippen LogP) is 2.91. The van der Waals surface area contributed by atoms with Gasteiger partial charge in [-0.2, -0.15) is 0 Å². The number of benzene rings is 1. The van der Waals surface area contributed by atoms with Crippen LogP contribution in [0.4, 0.5) is 5.69 Å². The maximum absolute atomic E-state index is 5.26. The first kappa shape index (κ1) is 8.84. The summed E-state index contributed by atoms with van der Waals surface area (Å²) in [6.07, 6.45) is 4.84. The number of hydrogen-bond donors (Lipinski definition) is 0. The zero-order valence-corrected chi connectivity index (χ0v) is 9.16. The van der Waals surface area contributed by atoms with E-state index in [1.54, 1.807) is 7.11 Å². The van der Waals surface area contributed by atoms with E-state index in [0.29, 0.717) is 5.92 Å². The molecule has 2 nitrogen and oxygen atoms in total.